The van der Waals surface area contributed by atoms with Crippen molar-refractivity contribution in [3.8, 4) is 17.0 Å². The van der Waals surface area contributed by atoms with Crippen molar-refractivity contribution in [1.29, 1.82) is 0 Å². The summed E-state index contributed by atoms with van der Waals surface area (Å²) in [4.78, 5) is 24.4. The highest BCUT2D eigenvalue weighted by atomic mass is 16.5. The molecule has 0 aliphatic carbocycles. The van der Waals surface area contributed by atoms with Gasteiger partial charge in [0.2, 0.25) is 5.91 Å². The van der Waals surface area contributed by atoms with Gasteiger partial charge in [0.05, 0.1) is 19.3 Å². The Morgan fingerprint density at radius 1 is 1.07 bits per heavy atom. The summed E-state index contributed by atoms with van der Waals surface area (Å²) in [6.07, 6.45) is 0.164. The van der Waals surface area contributed by atoms with Gasteiger partial charge in [-0.15, -0.1) is 0 Å². The third kappa shape index (κ3) is 5.35. The molecule has 0 aliphatic rings. The maximum absolute atomic E-state index is 12.3. The van der Waals surface area contributed by atoms with E-state index in [0.29, 0.717) is 18.2 Å². The second kappa shape index (κ2) is 9.87. The number of rotatable bonds is 8. The van der Waals surface area contributed by atoms with Crippen molar-refractivity contribution in [1.82, 2.24) is 15.1 Å². The van der Waals surface area contributed by atoms with Crippen LogP contribution in [0.4, 0.5) is 0 Å². The fraction of sp³-hybridized carbons (Fsp3) is 0.292. The lowest BCUT2D eigenvalue weighted by Gasteiger charge is -2.11. The van der Waals surface area contributed by atoms with Crippen LogP contribution < -0.4 is 15.6 Å². The van der Waals surface area contributed by atoms with Crippen LogP contribution in [0.2, 0.25) is 0 Å². The number of ether oxygens (including phenoxy) is 1. The monoisotopic (exact) mass is 405 g/mol. The van der Waals surface area contributed by atoms with Gasteiger partial charge in [-0.1, -0.05) is 56.3 Å². The van der Waals surface area contributed by atoms with Gasteiger partial charge in [-0.05, 0) is 23.6 Å². The van der Waals surface area contributed by atoms with Crippen molar-refractivity contribution in [2.45, 2.75) is 39.3 Å². The zero-order valence-electron chi connectivity index (χ0n) is 17.6. The summed E-state index contributed by atoms with van der Waals surface area (Å²) in [6, 6.07) is 18.9. The number of amides is 1. The molecule has 0 bridgehead atoms. The average Bonchev–Trinajstić information content (AvgIpc) is 2.77. The van der Waals surface area contributed by atoms with Crippen LogP contribution in [0.5, 0.6) is 5.75 Å². The van der Waals surface area contributed by atoms with Crippen molar-refractivity contribution in [2.75, 3.05) is 7.11 Å². The first-order chi connectivity index (χ1) is 14.5. The van der Waals surface area contributed by atoms with Gasteiger partial charge in [0.25, 0.3) is 5.56 Å². The van der Waals surface area contributed by atoms with Crippen molar-refractivity contribution < 1.29 is 9.53 Å². The third-order valence-electron chi connectivity index (χ3n) is 4.96. The van der Waals surface area contributed by atoms with Crippen molar-refractivity contribution in [3.63, 3.8) is 0 Å². The Bertz CT molecular complexity index is 1060. The molecule has 0 spiro atoms. The van der Waals surface area contributed by atoms with Gasteiger partial charge < -0.3 is 10.1 Å². The first kappa shape index (κ1) is 21.3. The molecule has 0 atom stereocenters. The number of hydrogen-bond donors (Lipinski definition) is 1. The molecule has 0 radical (unpaired) electrons. The molecule has 0 saturated heterocycles. The highest BCUT2D eigenvalue weighted by molar-refractivity contribution is 5.75. The molecule has 2 aromatic carbocycles. The van der Waals surface area contributed by atoms with Gasteiger partial charge in [0.15, 0.2) is 0 Å². The number of benzene rings is 2. The number of nitrogens with zero attached hydrogens (tertiary/aromatic N) is 2. The Labute approximate surface area is 176 Å². The predicted molar refractivity (Wildman–Crippen MR) is 117 cm³/mol. The molecule has 3 aromatic rings. The Balaban J connectivity index is 1.63. The second-order valence-electron chi connectivity index (χ2n) is 7.40. The van der Waals surface area contributed by atoms with Crippen LogP contribution in [0.15, 0.2) is 65.5 Å². The van der Waals surface area contributed by atoms with Crippen molar-refractivity contribution >= 4 is 5.91 Å². The van der Waals surface area contributed by atoms with Crippen LogP contribution in [0.1, 0.15) is 37.3 Å². The molecular weight excluding hydrogens is 378 g/mol. The Hall–Kier alpha value is -3.41. The fourth-order valence-corrected chi connectivity index (χ4v) is 3.14. The molecule has 3 rings (SSSR count). The number of nitrogens with one attached hydrogen (secondary N) is 1. The quantitative estimate of drug-likeness (QED) is 0.619. The molecule has 1 aromatic heterocycles. The summed E-state index contributed by atoms with van der Waals surface area (Å²) in [6.45, 7) is 4.88. The number of hydrogen-bond acceptors (Lipinski definition) is 4. The number of carbonyl (C=O) groups is 1. The average molecular weight is 405 g/mol. The molecule has 1 N–H and O–H groups in total. The van der Waals surface area contributed by atoms with E-state index < -0.39 is 0 Å². The maximum atomic E-state index is 12.3. The van der Waals surface area contributed by atoms with Crippen LogP contribution in [-0.4, -0.2) is 22.8 Å². The zero-order chi connectivity index (χ0) is 21.5. The van der Waals surface area contributed by atoms with Crippen LogP contribution >= 0.6 is 0 Å². The van der Waals surface area contributed by atoms with E-state index in [4.69, 9.17) is 4.74 Å². The Morgan fingerprint density at radius 2 is 1.80 bits per heavy atom. The standard InChI is InChI=1S/C24H27N3O3/c1-17(2)18-8-10-19(11-9-18)21-12-13-24(29)27(26-21)15-14-23(28)25-16-20-6-4-5-7-22(20)30-3/h4-13,17H,14-16H2,1-3H3,(H,25,28). The Morgan fingerprint density at radius 3 is 2.50 bits per heavy atom. The summed E-state index contributed by atoms with van der Waals surface area (Å²) < 4.78 is 6.63. The van der Waals surface area contributed by atoms with Gasteiger partial charge in [0.1, 0.15) is 5.75 Å². The van der Waals surface area contributed by atoms with Gasteiger partial charge in [0, 0.05) is 30.2 Å². The van der Waals surface area contributed by atoms with E-state index in [2.05, 4.69) is 36.4 Å². The minimum absolute atomic E-state index is 0.152. The van der Waals surface area contributed by atoms with Crippen LogP contribution in [0, 0.1) is 0 Å². The van der Waals surface area contributed by atoms with Crippen LogP contribution in [0.3, 0.4) is 0 Å². The molecule has 1 amide bonds. The second-order valence-corrected chi connectivity index (χ2v) is 7.40. The van der Waals surface area contributed by atoms with E-state index in [-0.39, 0.29) is 24.4 Å². The summed E-state index contributed by atoms with van der Waals surface area (Å²) in [7, 11) is 1.60. The van der Waals surface area contributed by atoms with E-state index in [0.717, 1.165) is 16.9 Å². The molecule has 0 fully saturated rings. The SMILES string of the molecule is COc1ccccc1CNC(=O)CCn1nc(-c2ccc(C(C)C)cc2)ccc1=O. The largest absolute Gasteiger partial charge is 0.496 e. The van der Waals surface area contributed by atoms with Crippen LogP contribution in [0.25, 0.3) is 11.3 Å². The lowest BCUT2D eigenvalue weighted by atomic mass is 10.0. The number of para-hydroxylation sites is 1. The minimum Gasteiger partial charge on any atom is -0.496 e. The molecule has 0 unspecified atom stereocenters. The number of methoxy groups -OCH3 is 1. The van der Waals surface area contributed by atoms with Crippen molar-refractivity contribution in [3.05, 3.63) is 82.1 Å². The van der Waals surface area contributed by atoms with Gasteiger partial charge >= 0.3 is 0 Å². The van der Waals surface area contributed by atoms with E-state index in [1.807, 2.05) is 36.4 Å². The van der Waals surface area contributed by atoms with E-state index in [1.165, 1.54) is 16.3 Å². The lowest BCUT2D eigenvalue weighted by Crippen LogP contribution is -2.28. The van der Waals surface area contributed by atoms with Gasteiger partial charge in [-0.3, -0.25) is 9.59 Å². The number of aryl methyl sites for hydroxylation is 1. The normalized spacial score (nSPS) is 10.8. The first-order valence-electron chi connectivity index (χ1n) is 10.0. The lowest BCUT2D eigenvalue weighted by molar-refractivity contribution is -0.121. The molecule has 6 nitrogen and oxygen atoms in total. The van der Waals surface area contributed by atoms with Crippen molar-refractivity contribution in [2.24, 2.45) is 0 Å². The first-order valence-corrected chi connectivity index (χ1v) is 10.0. The minimum atomic E-state index is -0.227. The summed E-state index contributed by atoms with van der Waals surface area (Å²) in [5.41, 5.74) is 3.57. The highest BCUT2D eigenvalue weighted by Crippen LogP contribution is 2.20. The summed E-state index contributed by atoms with van der Waals surface area (Å²) in [5.74, 6) is 1.03. The topological polar surface area (TPSA) is 73.2 Å². The van der Waals surface area contributed by atoms with Crippen LogP contribution in [-0.2, 0) is 17.9 Å². The zero-order valence-corrected chi connectivity index (χ0v) is 17.6. The summed E-state index contributed by atoms with van der Waals surface area (Å²) >= 11 is 0. The highest BCUT2D eigenvalue weighted by Gasteiger charge is 2.09. The predicted octanol–water partition coefficient (Wildman–Crippen LogP) is 3.75. The molecular formula is C24H27N3O3. The Kier molecular flexibility index (Phi) is 7.01. The van der Waals surface area contributed by atoms with E-state index >= 15 is 0 Å². The number of aromatic nitrogens is 2. The molecule has 30 heavy (non-hydrogen) atoms. The molecule has 0 saturated carbocycles. The number of carbonyl (C=O) groups excluding carboxylic acids is 1. The maximum Gasteiger partial charge on any atom is 0.266 e. The van der Waals surface area contributed by atoms with E-state index in [1.54, 1.807) is 13.2 Å². The smallest absolute Gasteiger partial charge is 0.266 e. The molecule has 6 heteroatoms. The molecule has 156 valence electrons. The van der Waals surface area contributed by atoms with E-state index in [9.17, 15) is 9.59 Å². The molecule has 0 aliphatic heterocycles. The van der Waals surface area contributed by atoms with Gasteiger partial charge in [-0.2, -0.15) is 5.10 Å². The fourth-order valence-electron chi connectivity index (χ4n) is 3.14. The molecule has 1 heterocycles. The van der Waals surface area contributed by atoms with Gasteiger partial charge in [-0.25, -0.2) is 4.68 Å². The summed E-state index contributed by atoms with van der Waals surface area (Å²) in [5, 5.41) is 7.30. The third-order valence-corrected chi connectivity index (χ3v) is 4.96.